The van der Waals surface area contributed by atoms with Gasteiger partial charge in [-0.15, -0.1) is 0 Å². The largest absolute Gasteiger partial charge is 0.444 e. The summed E-state index contributed by atoms with van der Waals surface area (Å²) in [5, 5.41) is 7.29. The van der Waals surface area contributed by atoms with Gasteiger partial charge in [-0.2, -0.15) is 5.10 Å². The van der Waals surface area contributed by atoms with E-state index in [0.717, 1.165) is 24.1 Å². The van der Waals surface area contributed by atoms with Crippen molar-refractivity contribution < 1.29 is 19.1 Å². The van der Waals surface area contributed by atoms with Gasteiger partial charge in [0.1, 0.15) is 11.2 Å². The molecular formula is C24H32N4O4. The molecule has 2 aliphatic rings. The minimum absolute atomic E-state index is 0.0611. The van der Waals surface area contributed by atoms with Gasteiger partial charge in [-0.1, -0.05) is 30.3 Å². The van der Waals surface area contributed by atoms with Crippen LogP contribution in [0.25, 0.3) is 0 Å². The molecule has 0 bridgehead atoms. The summed E-state index contributed by atoms with van der Waals surface area (Å²) >= 11 is 0. The number of nitrogens with one attached hydrogen (secondary N) is 1. The molecule has 4 rings (SSSR count). The Morgan fingerprint density at radius 1 is 1.25 bits per heavy atom. The maximum Gasteiger partial charge on any atom is 0.410 e. The highest BCUT2D eigenvalue weighted by molar-refractivity contribution is 5.95. The predicted octanol–water partition coefficient (Wildman–Crippen LogP) is 2.91. The van der Waals surface area contributed by atoms with Gasteiger partial charge in [-0.25, -0.2) is 4.79 Å². The normalized spacial score (nSPS) is 19.6. The lowest BCUT2D eigenvalue weighted by Gasteiger charge is -2.47. The number of amides is 2. The molecule has 0 saturated carbocycles. The van der Waals surface area contributed by atoms with Crippen molar-refractivity contribution in [3.8, 4) is 0 Å². The first kappa shape index (κ1) is 22.3. The van der Waals surface area contributed by atoms with Crippen LogP contribution in [0.4, 0.5) is 4.79 Å². The number of nitrogens with zero attached hydrogens (tertiary/aromatic N) is 3. The molecule has 8 heteroatoms. The number of aromatic nitrogens is 2. The molecule has 1 N–H and O–H groups in total. The van der Waals surface area contributed by atoms with Crippen LogP contribution in [0, 0.1) is 0 Å². The zero-order valence-corrected chi connectivity index (χ0v) is 19.3. The van der Waals surface area contributed by atoms with Gasteiger partial charge in [0.25, 0.3) is 5.91 Å². The molecule has 32 heavy (non-hydrogen) atoms. The fourth-order valence-electron chi connectivity index (χ4n) is 4.33. The Balaban J connectivity index is 1.28. The van der Waals surface area contributed by atoms with Gasteiger partial charge >= 0.3 is 6.09 Å². The van der Waals surface area contributed by atoms with Crippen LogP contribution < -0.4 is 5.32 Å². The van der Waals surface area contributed by atoms with Gasteiger partial charge in [0.05, 0.1) is 36.6 Å². The minimum Gasteiger partial charge on any atom is -0.444 e. The quantitative estimate of drug-likeness (QED) is 0.773. The van der Waals surface area contributed by atoms with E-state index in [2.05, 4.69) is 10.4 Å². The van der Waals surface area contributed by atoms with Crippen molar-refractivity contribution in [2.75, 3.05) is 19.6 Å². The molecule has 2 fully saturated rings. The molecule has 1 aromatic heterocycles. The van der Waals surface area contributed by atoms with Crippen LogP contribution in [0.5, 0.6) is 0 Å². The maximum absolute atomic E-state index is 12.9. The highest BCUT2D eigenvalue weighted by Gasteiger charge is 2.52. The molecule has 2 saturated heterocycles. The predicted molar refractivity (Wildman–Crippen MR) is 119 cm³/mol. The number of likely N-dealkylation sites (tertiary alicyclic amines) is 1. The average Bonchev–Trinajstić information content (AvgIpc) is 3.29. The summed E-state index contributed by atoms with van der Waals surface area (Å²) in [6, 6.07) is 10.0. The van der Waals surface area contributed by atoms with Crippen molar-refractivity contribution in [2.24, 2.45) is 7.05 Å². The first-order valence-corrected chi connectivity index (χ1v) is 11.1. The maximum atomic E-state index is 12.9. The van der Waals surface area contributed by atoms with Crippen molar-refractivity contribution >= 4 is 12.0 Å². The molecule has 1 atom stereocenters. The third kappa shape index (κ3) is 4.96. The lowest BCUT2D eigenvalue weighted by molar-refractivity contribution is -0.130. The summed E-state index contributed by atoms with van der Waals surface area (Å²) in [6.07, 6.45) is 3.63. The Labute approximate surface area is 188 Å². The van der Waals surface area contributed by atoms with E-state index in [1.54, 1.807) is 15.8 Å². The molecule has 2 amide bonds. The third-order valence-corrected chi connectivity index (χ3v) is 5.96. The minimum atomic E-state index is -0.505. The molecule has 2 aliphatic heterocycles. The zero-order chi connectivity index (χ0) is 22.9. The van der Waals surface area contributed by atoms with E-state index in [0.29, 0.717) is 31.6 Å². The molecule has 2 aromatic rings. The van der Waals surface area contributed by atoms with Gasteiger partial charge < -0.3 is 19.7 Å². The van der Waals surface area contributed by atoms with E-state index in [-0.39, 0.29) is 23.7 Å². The first-order chi connectivity index (χ1) is 15.1. The summed E-state index contributed by atoms with van der Waals surface area (Å²) in [5.74, 6) is -0.141. The summed E-state index contributed by atoms with van der Waals surface area (Å²) in [5.41, 5.74) is 1.78. The summed E-state index contributed by atoms with van der Waals surface area (Å²) in [7, 11) is 1.85. The number of ether oxygens (including phenoxy) is 2. The second-order valence-electron chi connectivity index (χ2n) is 9.80. The van der Waals surface area contributed by atoms with Crippen LogP contribution in [-0.2, 0) is 22.9 Å². The fourth-order valence-corrected chi connectivity index (χ4v) is 4.33. The Morgan fingerprint density at radius 2 is 1.97 bits per heavy atom. The van der Waals surface area contributed by atoms with Crippen LogP contribution >= 0.6 is 0 Å². The Kier molecular flexibility index (Phi) is 5.99. The van der Waals surface area contributed by atoms with Gasteiger partial charge in [-0.3, -0.25) is 9.48 Å². The number of rotatable bonds is 5. The molecule has 3 heterocycles. The van der Waals surface area contributed by atoms with Crippen molar-refractivity contribution in [1.82, 2.24) is 20.0 Å². The number of carbonyl (C=O) groups is 2. The standard InChI is InChI=1S/C24H32N4O4/c1-23(2,3)32-22(30)28-15-24(16-28)11-10-18(31-24)13-25-21(29)19-14-26-27(4)20(19)12-17-8-6-5-7-9-17/h5-9,14,18H,10-13,15-16H2,1-4H3,(H,25,29). The molecule has 0 radical (unpaired) electrons. The van der Waals surface area contributed by atoms with E-state index in [1.807, 2.05) is 58.2 Å². The van der Waals surface area contributed by atoms with E-state index >= 15 is 0 Å². The van der Waals surface area contributed by atoms with E-state index in [9.17, 15) is 9.59 Å². The lowest BCUT2D eigenvalue weighted by atomic mass is 9.91. The number of carbonyl (C=O) groups excluding carboxylic acids is 2. The summed E-state index contributed by atoms with van der Waals surface area (Å²) in [4.78, 5) is 26.7. The van der Waals surface area contributed by atoms with E-state index in [4.69, 9.17) is 9.47 Å². The van der Waals surface area contributed by atoms with Gasteiger partial charge in [-0.05, 0) is 39.2 Å². The average molecular weight is 441 g/mol. The highest BCUT2D eigenvalue weighted by Crippen LogP contribution is 2.38. The smallest absolute Gasteiger partial charge is 0.410 e. The Bertz CT molecular complexity index is 974. The van der Waals surface area contributed by atoms with Crippen molar-refractivity contribution in [3.05, 3.63) is 53.3 Å². The molecule has 1 spiro atoms. The summed E-state index contributed by atoms with van der Waals surface area (Å²) < 4.78 is 13.4. The number of hydrogen-bond donors (Lipinski definition) is 1. The Hall–Kier alpha value is -2.87. The second kappa shape index (κ2) is 8.58. The fraction of sp³-hybridized carbons (Fsp3) is 0.542. The van der Waals surface area contributed by atoms with Gasteiger partial charge in [0, 0.05) is 20.0 Å². The molecule has 8 nitrogen and oxygen atoms in total. The lowest BCUT2D eigenvalue weighted by Crippen LogP contribution is -2.64. The SMILES string of the molecule is Cn1ncc(C(=O)NCC2CCC3(CN(C(=O)OC(C)(C)C)C3)O2)c1Cc1ccccc1. The van der Waals surface area contributed by atoms with Gasteiger partial charge in [0.2, 0.25) is 0 Å². The van der Waals surface area contributed by atoms with E-state index in [1.165, 1.54) is 0 Å². The molecule has 1 unspecified atom stereocenters. The Morgan fingerprint density at radius 3 is 2.66 bits per heavy atom. The van der Waals surface area contributed by atoms with Crippen molar-refractivity contribution in [2.45, 2.75) is 57.3 Å². The molecule has 0 aliphatic carbocycles. The van der Waals surface area contributed by atoms with Crippen LogP contribution in [0.3, 0.4) is 0 Å². The van der Waals surface area contributed by atoms with Gasteiger partial charge in [0.15, 0.2) is 0 Å². The van der Waals surface area contributed by atoms with Crippen LogP contribution in [0.2, 0.25) is 0 Å². The second-order valence-corrected chi connectivity index (χ2v) is 9.80. The number of benzene rings is 1. The third-order valence-electron chi connectivity index (χ3n) is 5.96. The molecule has 172 valence electrons. The number of aryl methyl sites for hydroxylation is 1. The van der Waals surface area contributed by atoms with Crippen LogP contribution in [-0.4, -0.2) is 63.6 Å². The monoisotopic (exact) mass is 440 g/mol. The first-order valence-electron chi connectivity index (χ1n) is 11.1. The van der Waals surface area contributed by atoms with Crippen molar-refractivity contribution in [1.29, 1.82) is 0 Å². The zero-order valence-electron chi connectivity index (χ0n) is 19.3. The molecule has 1 aromatic carbocycles. The van der Waals surface area contributed by atoms with E-state index < -0.39 is 5.60 Å². The molecular weight excluding hydrogens is 408 g/mol. The van der Waals surface area contributed by atoms with Crippen molar-refractivity contribution in [3.63, 3.8) is 0 Å². The number of hydrogen-bond acceptors (Lipinski definition) is 5. The highest BCUT2D eigenvalue weighted by atomic mass is 16.6. The topological polar surface area (TPSA) is 85.7 Å². The van der Waals surface area contributed by atoms with Crippen LogP contribution in [0.1, 0.15) is 55.2 Å². The summed E-state index contributed by atoms with van der Waals surface area (Å²) in [6.45, 7) is 7.09. The van der Waals surface area contributed by atoms with Crippen LogP contribution in [0.15, 0.2) is 36.5 Å².